The van der Waals surface area contributed by atoms with E-state index in [9.17, 15) is 4.79 Å². The first kappa shape index (κ1) is 12.4. The number of thioether (sulfide) groups is 1. The van der Waals surface area contributed by atoms with Gasteiger partial charge in [-0.15, -0.1) is 11.8 Å². The second-order valence-electron chi connectivity index (χ2n) is 2.86. The van der Waals surface area contributed by atoms with E-state index >= 15 is 0 Å². The fourth-order valence-electron chi connectivity index (χ4n) is 0.997. The van der Waals surface area contributed by atoms with Crippen LogP contribution in [-0.2, 0) is 9.53 Å². The minimum atomic E-state index is -0.196. The van der Waals surface area contributed by atoms with Crippen molar-refractivity contribution in [2.24, 2.45) is 0 Å². The molecule has 0 atom stereocenters. The van der Waals surface area contributed by atoms with Crippen molar-refractivity contribution < 1.29 is 9.53 Å². The summed E-state index contributed by atoms with van der Waals surface area (Å²) in [5.41, 5.74) is 6.53. The molecular formula is C10H12BrNO2S. The minimum absolute atomic E-state index is 0.196. The summed E-state index contributed by atoms with van der Waals surface area (Å²) in [5, 5.41) is 0. The quantitative estimate of drug-likeness (QED) is 0.526. The van der Waals surface area contributed by atoms with E-state index in [0.717, 1.165) is 15.1 Å². The highest BCUT2D eigenvalue weighted by atomic mass is 79.9. The van der Waals surface area contributed by atoms with Gasteiger partial charge in [0.1, 0.15) is 0 Å². The summed E-state index contributed by atoms with van der Waals surface area (Å²) in [4.78, 5) is 11.9. The summed E-state index contributed by atoms with van der Waals surface area (Å²) in [5.74, 6) is 0.483. The van der Waals surface area contributed by atoms with Crippen LogP contribution in [0.25, 0.3) is 0 Å². The van der Waals surface area contributed by atoms with Gasteiger partial charge in [0, 0.05) is 20.8 Å². The lowest BCUT2D eigenvalue weighted by molar-refractivity contribution is -0.140. The summed E-state index contributed by atoms with van der Waals surface area (Å²) in [7, 11) is 1.39. The Balaban J connectivity index is 2.47. The predicted molar refractivity (Wildman–Crippen MR) is 65.9 cm³/mol. The predicted octanol–water partition coefficient (Wildman–Crippen LogP) is 2.69. The summed E-state index contributed by atoms with van der Waals surface area (Å²) < 4.78 is 5.50. The molecule has 0 aromatic heterocycles. The van der Waals surface area contributed by atoms with Gasteiger partial charge in [0.05, 0.1) is 13.5 Å². The monoisotopic (exact) mass is 289 g/mol. The first-order valence-corrected chi connectivity index (χ1v) is 6.16. The van der Waals surface area contributed by atoms with E-state index in [4.69, 9.17) is 5.73 Å². The molecule has 0 saturated carbocycles. The number of ether oxygens (including phenoxy) is 1. The maximum Gasteiger partial charge on any atom is 0.306 e. The number of carbonyl (C=O) groups excluding carboxylic acids is 1. The molecule has 0 radical (unpaired) electrons. The van der Waals surface area contributed by atoms with Crippen LogP contribution in [0.2, 0.25) is 0 Å². The van der Waals surface area contributed by atoms with E-state index in [1.807, 2.05) is 18.2 Å². The first-order chi connectivity index (χ1) is 7.13. The number of halogens is 1. The van der Waals surface area contributed by atoms with Gasteiger partial charge in [-0.2, -0.15) is 0 Å². The SMILES string of the molecule is COC(=O)CCSc1ccc(Br)cc1N. The Bertz CT molecular complexity index is 357. The van der Waals surface area contributed by atoms with Crippen LogP contribution in [0, 0.1) is 0 Å². The Morgan fingerprint density at radius 2 is 2.33 bits per heavy atom. The third-order valence-electron chi connectivity index (χ3n) is 1.76. The average molecular weight is 290 g/mol. The molecule has 1 aromatic rings. The summed E-state index contributed by atoms with van der Waals surface area (Å²) in [6, 6.07) is 5.71. The lowest BCUT2D eigenvalue weighted by Gasteiger charge is -2.05. The Morgan fingerprint density at radius 1 is 1.60 bits per heavy atom. The van der Waals surface area contributed by atoms with Crippen molar-refractivity contribution >= 4 is 39.3 Å². The van der Waals surface area contributed by atoms with Gasteiger partial charge in [0.25, 0.3) is 0 Å². The topological polar surface area (TPSA) is 52.3 Å². The molecule has 0 heterocycles. The van der Waals surface area contributed by atoms with Gasteiger partial charge in [0.15, 0.2) is 0 Å². The molecule has 0 saturated heterocycles. The van der Waals surface area contributed by atoms with Crippen LogP contribution in [0.15, 0.2) is 27.6 Å². The highest BCUT2D eigenvalue weighted by Gasteiger charge is 2.03. The van der Waals surface area contributed by atoms with E-state index in [2.05, 4.69) is 20.7 Å². The van der Waals surface area contributed by atoms with Gasteiger partial charge in [-0.3, -0.25) is 4.79 Å². The lowest BCUT2D eigenvalue weighted by atomic mass is 10.3. The zero-order chi connectivity index (χ0) is 11.3. The Labute approximate surface area is 101 Å². The van der Waals surface area contributed by atoms with Crippen molar-refractivity contribution in [2.45, 2.75) is 11.3 Å². The molecule has 1 aromatic carbocycles. The number of anilines is 1. The fourth-order valence-corrected chi connectivity index (χ4v) is 2.25. The van der Waals surface area contributed by atoms with Crippen LogP contribution < -0.4 is 5.73 Å². The van der Waals surface area contributed by atoms with Crippen molar-refractivity contribution in [1.29, 1.82) is 0 Å². The highest BCUT2D eigenvalue weighted by molar-refractivity contribution is 9.10. The van der Waals surface area contributed by atoms with Gasteiger partial charge in [-0.05, 0) is 18.2 Å². The highest BCUT2D eigenvalue weighted by Crippen LogP contribution is 2.28. The van der Waals surface area contributed by atoms with Crippen molar-refractivity contribution in [1.82, 2.24) is 0 Å². The number of esters is 1. The van der Waals surface area contributed by atoms with Crippen LogP contribution in [0.4, 0.5) is 5.69 Å². The van der Waals surface area contributed by atoms with E-state index < -0.39 is 0 Å². The van der Waals surface area contributed by atoms with Crippen molar-refractivity contribution in [3.63, 3.8) is 0 Å². The van der Waals surface area contributed by atoms with Gasteiger partial charge in [-0.25, -0.2) is 0 Å². The van der Waals surface area contributed by atoms with Gasteiger partial charge >= 0.3 is 5.97 Å². The molecule has 0 aliphatic carbocycles. The molecule has 0 unspecified atom stereocenters. The molecule has 0 amide bonds. The van der Waals surface area contributed by atoms with E-state index in [-0.39, 0.29) is 5.97 Å². The van der Waals surface area contributed by atoms with Gasteiger partial charge < -0.3 is 10.5 Å². The molecule has 82 valence electrons. The first-order valence-electron chi connectivity index (χ1n) is 4.38. The fraction of sp³-hybridized carbons (Fsp3) is 0.300. The van der Waals surface area contributed by atoms with Crippen LogP contribution in [-0.4, -0.2) is 18.8 Å². The number of rotatable bonds is 4. The molecule has 5 heteroatoms. The Hall–Kier alpha value is -0.680. The summed E-state index contributed by atoms with van der Waals surface area (Å²) in [6.45, 7) is 0. The Kier molecular flexibility index (Phi) is 4.98. The number of benzene rings is 1. The molecule has 0 bridgehead atoms. The second kappa shape index (κ2) is 6.02. The van der Waals surface area contributed by atoms with Crippen LogP contribution in [0.5, 0.6) is 0 Å². The normalized spacial score (nSPS) is 10.0. The standard InChI is InChI=1S/C10H12BrNO2S/c1-14-10(13)4-5-15-9-3-2-7(11)6-8(9)12/h2-3,6H,4-5,12H2,1H3. The number of carbonyl (C=O) groups is 1. The third-order valence-corrected chi connectivity index (χ3v) is 3.35. The molecule has 15 heavy (non-hydrogen) atoms. The zero-order valence-corrected chi connectivity index (χ0v) is 10.7. The van der Waals surface area contributed by atoms with E-state index in [1.54, 1.807) is 11.8 Å². The molecular weight excluding hydrogens is 278 g/mol. The van der Waals surface area contributed by atoms with Crippen LogP contribution >= 0.6 is 27.7 Å². The third kappa shape index (κ3) is 4.13. The average Bonchev–Trinajstić information content (AvgIpc) is 2.21. The number of methoxy groups -OCH3 is 1. The van der Waals surface area contributed by atoms with Crippen LogP contribution in [0.1, 0.15) is 6.42 Å². The number of nitrogens with two attached hydrogens (primary N) is 1. The molecule has 1 rings (SSSR count). The smallest absolute Gasteiger partial charge is 0.306 e. The van der Waals surface area contributed by atoms with E-state index in [0.29, 0.717) is 12.2 Å². The van der Waals surface area contributed by atoms with E-state index in [1.165, 1.54) is 7.11 Å². The largest absolute Gasteiger partial charge is 0.469 e. The van der Waals surface area contributed by atoms with Crippen molar-refractivity contribution in [2.75, 3.05) is 18.6 Å². The molecule has 0 aliphatic heterocycles. The molecule has 0 spiro atoms. The number of hydrogen-bond acceptors (Lipinski definition) is 4. The molecule has 3 nitrogen and oxygen atoms in total. The maximum atomic E-state index is 10.9. The van der Waals surface area contributed by atoms with Crippen LogP contribution in [0.3, 0.4) is 0 Å². The van der Waals surface area contributed by atoms with Gasteiger partial charge in [-0.1, -0.05) is 15.9 Å². The van der Waals surface area contributed by atoms with Gasteiger partial charge in [0.2, 0.25) is 0 Å². The maximum absolute atomic E-state index is 10.9. The Morgan fingerprint density at radius 3 is 2.93 bits per heavy atom. The number of nitrogen functional groups attached to an aromatic ring is 1. The summed E-state index contributed by atoms with van der Waals surface area (Å²) >= 11 is 4.89. The van der Waals surface area contributed by atoms with Crippen molar-refractivity contribution in [3.05, 3.63) is 22.7 Å². The molecule has 0 fully saturated rings. The molecule has 0 aliphatic rings. The second-order valence-corrected chi connectivity index (χ2v) is 4.91. The summed E-state index contributed by atoms with van der Waals surface area (Å²) in [6.07, 6.45) is 0.399. The lowest BCUT2D eigenvalue weighted by Crippen LogP contribution is -2.01. The van der Waals surface area contributed by atoms with Crippen molar-refractivity contribution in [3.8, 4) is 0 Å². The molecule has 2 N–H and O–H groups in total. The number of hydrogen-bond donors (Lipinski definition) is 1. The zero-order valence-electron chi connectivity index (χ0n) is 8.33. The minimum Gasteiger partial charge on any atom is -0.469 e.